The molecule has 0 spiro atoms. The van der Waals surface area contributed by atoms with Crippen LogP contribution in [0.1, 0.15) is 6.23 Å². The lowest BCUT2D eigenvalue weighted by molar-refractivity contribution is -0.0502. The van der Waals surface area contributed by atoms with E-state index in [9.17, 15) is 19.7 Å². The fourth-order valence-corrected chi connectivity index (χ4v) is 4.84. The third-order valence-corrected chi connectivity index (χ3v) is 6.36. The predicted octanol–water partition coefficient (Wildman–Crippen LogP) is -1.63. The molecular formula is C10H15N5O9P2S. The minimum Gasteiger partial charge on any atom is -0.387 e. The maximum absolute atomic E-state index is 11.6. The zero-order chi connectivity index (χ0) is 20.0. The van der Waals surface area contributed by atoms with Crippen molar-refractivity contribution in [2.45, 2.75) is 24.5 Å². The van der Waals surface area contributed by atoms with Gasteiger partial charge in [-0.25, -0.2) is 23.8 Å². The molecule has 5 atom stereocenters. The molecule has 3 unspecified atom stereocenters. The van der Waals surface area contributed by atoms with Gasteiger partial charge < -0.3 is 35.4 Å². The molecule has 0 aromatic carbocycles. The summed E-state index contributed by atoms with van der Waals surface area (Å²) in [4.78, 5) is 39.0. The smallest absolute Gasteiger partial charge is 0.387 e. The zero-order valence-electron chi connectivity index (χ0n) is 13.2. The fraction of sp³-hybridized carbons (Fsp3) is 0.500. The van der Waals surface area contributed by atoms with Crippen molar-refractivity contribution in [3.8, 4) is 0 Å². The van der Waals surface area contributed by atoms with Gasteiger partial charge in [0.05, 0.1) is 12.9 Å². The molecule has 2 aromatic rings. The third kappa shape index (κ3) is 4.50. The number of fused-ring (bicyclic) bond motifs is 1. The number of imidazole rings is 1. The normalized spacial score (nSPS) is 28.5. The van der Waals surface area contributed by atoms with E-state index in [-0.39, 0.29) is 17.0 Å². The molecule has 14 nitrogen and oxygen atoms in total. The summed E-state index contributed by atoms with van der Waals surface area (Å²) < 4.78 is 26.9. The van der Waals surface area contributed by atoms with Crippen molar-refractivity contribution in [1.29, 1.82) is 0 Å². The third-order valence-electron chi connectivity index (χ3n) is 3.61. The summed E-state index contributed by atoms with van der Waals surface area (Å²) in [5.41, 5.74) is 6.18. The Morgan fingerprint density at radius 2 is 1.96 bits per heavy atom. The highest BCUT2D eigenvalue weighted by molar-refractivity contribution is 8.08. The SMILES string of the molecule is Nc1ncnc2c1ncn2[C@@H]1O[C@H](COP(=O)(O)OP(O)(O)=S)C(O)C1O. The number of nitrogens with two attached hydrogens (primary N) is 1. The second-order valence-electron chi connectivity index (χ2n) is 5.47. The van der Waals surface area contributed by atoms with E-state index in [1.54, 1.807) is 0 Å². The number of rotatable bonds is 6. The molecule has 17 heteroatoms. The van der Waals surface area contributed by atoms with Gasteiger partial charge in [0.2, 0.25) is 0 Å². The standard InChI is InChI=1S/C10H15N5O9P2S/c11-8-5-9(13-2-12-8)15(3-14-5)10-7(17)6(16)4(23-10)1-22-25(18,19)24-26(20,21)27/h2-4,6-7,10,16-17H,1H2,(H,18,19)(H2,11,12,13)(H2,20,21,27)/t4-,6?,7?,10-/m1/s1. The first-order chi connectivity index (χ1) is 12.5. The largest absolute Gasteiger partial charge is 0.479 e. The van der Waals surface area contributed by atoms with E-state index in [1.165, 1.54) is 17.2 Å². The van der Waals surface area contributed by atoms with Gasteiger partial charge in [0.25, 0.3) is 0 Å². The van der Waals surface area contributed by atoms with Gasteiger partial charge in [-0.1, -0.05) is 0 Å². The number of nitrogen functional groups attached to an aromatic ring is 1. The van der Waals surface area contributed by atoms with Crippen molar-refractivity contribution in [3.05, 3.63) is 12.7 Å². The Hall–Kier alpha value is -1.09. The van der Waals surface area contributed by atoms with Crippen molar-refractivity contribution >= 4 is 43.3 Å². The molecule has 0 amide bonds. The lowest BCUT2D eigenvalue weighted by Crippen LogP contribution is -2.33. The summed E-state index contributed by atoms with van der Waals surface area (Å²) in [6.07, 6.45) is -2.95. The molecule has 7 N–H and O–H groups in total. The molecular weight excluding hydrogens is 428 g/mol. The van der Waals surface area contributed by atoms with E-state index in [0.29, 0.717) is 0 Å². The van der Waals surface area contributed by atoms with Gasteiger partial charge in [-0.05, 0) is 11.8 Å². The van der Waals surface area contributed by atoms with Crippen LogP contribution >= 0.6 is 14.5 Å². The average Bonchev–Trinajstić information content (AvgIpc) is 3.07. The summed E-state index contributed by atoms with van der Waals surface area (Å²) in [6.45, 7) is -5.18. The molecule has 0 saturated carbocycles. The first-order valence-electron chi connectivity index (χ1n) is 7.17. The second kappa shape index (κ2) is 7.39. The molecule has 1 aliphatic rings. The van der Waals surface area contributed by atoms with Gasteiger partial charge in [-0.15, -0.1) is 0 Å². The number of phosphoric ester groups is 1. The summed E-state index contributed by atoms with van der Waals surface area (Å²) >= 11 is 4.09. The van der Waals surface area contributed by atoms with E-state index in [1.807, 2.05) is 0 Å². The highest BCUT2D eigenvalue weighted by Crippen LogP contribution is 2.58. The molecule has 2 aromatic heterocycles. The minimum absolute atomic E-state index is 0.105. The van der Waals surface area contributed by atoms with Crippen LogP contribution in [0.3, 0.4) is 0 Å². The number of hydrogen-bond acceptors (Lipinski definition) is 11. The topological polar surface area (TPSA) is 216 Å². The summed E-state index contributed by atoms with van der Waals surface area (Å²) in [7, 11) is -4.92. The summed E-state index contributed by atoms with van der Waals surface area (Å²) in [5.74, 6) is 0.105. The molecule has 27 heavy (non-hydrogen) atoms. The van der Waals surface area contributed by atoms with Crippen LogP contribution in [0.25, 0.3) is 11.2 Å². The van der Waals surface area contributed by atoms with Crippen LogP contribution in [0.2, 0.25) is 0 Å². The molecule has 0 bridgehead atoms. The highest BCUT2D eigenvalue weighted by Gasteiger charge is 2.45. The summed E-state index contributed by atoms with van der Waals surface area (Å²) in [6, 6.07) is 0. The van der Waals surface area contributed by atoms with Crippen LogP contribution in [0.15, 0.2) is 12.7 Å². The number of aliphatic hydroxyl groups excluding tert-OH is 2. The zero-order valence-corrected chi connectivity index (χ0v) is 15.8. The fourth-order valence-electron chi connectivity index (χ4n) is 2.48. The number of aromatic nitrogens is 4. The van der Waals surface area contributed by atoms with Crippen molar-refractivity contribution < 1.29 is 43.0 Å². The van der Waals surface area contributed by atoms with Gasteiger partial charge in [0, 0.05) is 0 Å². The Labute approximate surface area is 156 Å². The van der Waals surface area contributed by atoms with E-state index in [4.69, 9.17) is 20.3 Å². The van der Waals surface area contributed by atoms with Gasteiger partial charge in [-0.3, -0.25) is 9.09 Å². The monoisotopic (exact) mass is 443 g/mol. The highest BCUT2D eigenvalue weighted by atomic mass is 32.5. The Kier molecular flexibility index (Phi) is 5.65. The maximum Gasteiger partial charge on any atom is 0.479 e. The van der Waals surface area contributed by atoms with Crippen LogP contribution in [-0.2, 0) is 29.9 Å². The van der Waals surface area contributed by atoms with Crippen LogP contribution in [0, 0.1) is 0 Å². The Bertz CT molecular complexity index is 937. The van der Waals surface area contributed by atoms with Crippen molar-refractivity contribution in [2.75, 3.05) is 12.3 Å². The number of aliphatic hydroxyl groups is 2. The predicted molar refractivity (Wildman–Crippen MR) is 91.2 cm³/mol. The number of ether oxygens (including phenoxy) is 1. The molecule has 3 rings (SSSR count). The Morgan fingerprint density at radius 3 is 2.63 bits per heavy atom. The Balaban J connectivity index is 1.75. The van der Waals surface area contributed by atoms with Gasteiger partial charge in [0.15, 0.2) is 17.7 Å². The quantitative estimate of drug-likeness (QED) is 0.276. The summed E-state index contributed by atoms with van der Waals surface area (Å²) in [5, 5.41) is 20.3. The molecule has 0 radical (unpaired) electrons. The van der Waals surface area contributed by atoms with Crippen LogP contribution in [-0.4, -0.2) is 69.3 Å². The molecule has 3 heterocycles. The van der Waals surface area contributed by atoms with E-state index < -0.39 is 45.7 Å². The lowest BCUT2D eigenvalue weighted by Gasteiger charge is -2.18. The van der Waals surface area contributed by atoms with Crippen LogP contribution < -0.4 is 5.73 Å². The minimum atomic E-state index is -4.92. The second-order valence-corrected chi connectivity index (χ2v) is 9.72. The number of phosphoric acid groups is 1. The maximum atomic E-state index is 11.6. The van der Waals surface area contributed by atoms with Crippen molar-refractivity contribution in [1.82, 2.24) is 19.5 Å². The van der Waals surface area contributed by atoms with Crippen molar-refractivity contribution in [3.63, 3.8) is 0 Å². The molecule has 1 aliphatic heterocycles. The van der Waals surface area contributed by atoms with E-state index >= 15 is 0 Å². The van der Waals surface area contributed by atoms with Gasteiger partial charge in [-0.2, -0.15) is 0 Å². The number of anilines is 1. The molecule has 150 valence electrons. The van der Waals surface area contributed by atoms with Crippen LogP contribution in [0.4, 0.5) is 5.82 Å². The van der Waals surface area contributed by atoms with Crippen molar-refractivity contribution in [2.24, 2.45) is 0 Å². The average molecular weight is 443 g/mol. The van der Waals surface area contributed by atoms with E-state index in [0.717, 1.165) is 0 Å². The van der Waals surface area contributed by atoms with E-state index in [2.05, 4.69) is 35.6 Å². The molecule has 1 saturated heterocycles. The molecule has 1 fully saturated rings. The lowest BCUT2D eigenvalue weighted by atomic mass is 10.1. The van der Waals surface area contributed by atoms with Crippen LogP contribution in [0.5, 0.6) is 0 Å². The number of nitrogens with zero attached hydrogens (tertiary/aromatic N) is 4. The number of hydrogen-bond donors (Lipinski definition) is 6. The Morgan fingerprint density at radius 1 is 1.26 bits per heavy atom. The van der Waals surface area contributed by atoms with Gasteiger partial charge in [0.1, 0.15) is 30.2 Å². The van der Waals surface area contributed by atoms with Gasteiger partial charge >= 0.3 is 14.5 Å². The molecule has 0 aliphatic carbocycles. The first-order valence-corrected chi connectivity index (χ1v) is 11.3. The first kappa shape index (κ1) is 20.6.